The summed E-state index contributed by atoms with van der Waals surface area (Å²) in [6, 6.07) is 11.7. The molecule has 0 unspecified atom stereocenters. The van der Waals surface area contributed by atoms with Gasteiger partial charge in [0.05, 0.1) is 0 Å². The molecule has 0 aliphatic carbocycles. The highest BCUT2D eigenvalue weighted by molar-refractivity contribution is 6.30. The summed E-state index contributed by atoms with van der Waals surface area (Å²) in [5.41, 5.74) is 7.11. The first-order valence-corrected chi connectivity index (χ1v) is 6.36. The molecule has 0 aromatic heterocycles. The monoisotopic (exact) mass is 279 g/mol. The van der Waals surface area contributed by atoms with E-state index in [1.807, 2.05) is 12.1 Å². The van der Waals surface area contributed by atoms with Crippen molar-refractivity contribution in [2.24, 2.45) is 5.73 Å². The van der Waals surface area contributed by atoms with Gasteiger partial charge in [0.15, 0.2) is 0 Å². The van der Waals surface area contributed by atoms with E-state index in [2.05, 4.69) is 0 Å². The molecule has 2 nitrogen and oxygen atoms in total. The third-order valence-corrected chi connectivity index (χ3v) is 3.03. The largest absolute Gasteiger partial charge is 0.489 e. The van der Waals surface area contributed by atoms with E-state index in [0.29, 0.717) is 22.9 Å². The van der Waals surface area contributed by atoms with Crippen LogP contribution in [0.5, 0.6) is 5.75 Å². The van der Waals surface area contributed by atoms with Gasteiger partial charge < -0.3 is 10.5 Å². The van der Waals surface area contributed by atoms with Crippen LogP contribution in [0, 0.1) is 5.82 Å². The van der Waals surface area contributed by atoms with Crippen molar-refractivity contribution in [3.63, 3.8) is 0 Å². The third-order valence-electron chi connectivity index (χ3n) is 2.78. The lowest BCUT2D eigenvalue weighted by atomic mass is 10.1. The number of hydrogen-bond acceptors (Lipinski definition) is 2. The Morgan fingerprint density at radius 1 is 1.21 bits per heavy atom. The number of ether oxygens (including phenoxy) is 1. The number of benzene rings is 2. The van der Waals surface area contributed by atoms with E-state index in [0.717, 1.165) is 5.56 Å². The first kappa shape index (κ1) is 13.8. The Labute approximate surface area is 117 Å². The molecule has 0 radical (unpaired) electrons. The molecule has 0 spiro atoms. The molecule has 0 saturated heterocycles. The van der Waals surface area contributed by atoms with Crippen LogP contribution in [0.4, 0.5) is 4.39 Å². The first-order valence-electron chi connectivity index (χ1n) is 5.98. The van der Waals surface area contributed by atoms with Gasteiger partial charge in [-0.25, -0.2) is 4.39 Å². The molecular weight excluding hydrogens is 265 g/mol. The van der Waals surface area contributed by atoms with Gasteiger partial charge in [-0.3, -0.25) is 0 Å². The van der Waals surface area contributed by atoms with E-state index in [4.69, 9.17) is 22.1 Å². The quantitative estimate of drug-likeness (QED) is 0.915. The van der Waals surface area contributed by atoms with Crippen LogP contribution in [0.2, 0.25) is 5.02 Å². The smallest absolute Gasteiger partial charge is 0.131 e. The summed E-state index contributed by atoms with van der Waals surface area (Å²) in [4.78, 5) is 0. The van der Waals surface area contributed by atoms with Crippen LogP contribution < -0.4 is 10.5 Å². The highest BCUT2D eigenvalue weighted by Crippen LogP contribution is 2.21. The fourth-order valence-electron chi connectivity index (χ4n) is 1.71. The van der Waals surface area contributed by atoms with Gasteiger partial charge in [0.1, 0.15) is 18.2 Å². The fourth-order valence-corrected chi connectivity index (χ4v) is 1.84. The fraction of sp³-hybridized carbons (Fsp3) is 0.200. The van der Waals surface area contributed by atoms with E-state index in [1.54, 1.807) is 31.2 Å². The highest BCUT2D eigenvalue weighted by atomic mass is 35.5. The molecule has 0 aliphatic heterocycles. The van der Waals surface area contributed by atoms with Crippen molar-refractivity contribution in [3.8, 4) is 5.75 Å². The minimum absolute atomic E-state index is 0.328. The summed E-state index contributed by atoms with van der Waals surface area (Å²) in [5.74, 6) is 0.139. The maximum absolute atomic E-state index is 13.7. The number of hydrogen-bond donors (Lipinski definition) is 1. The lowest BCUT2D eigenvalue weighted by Crippen LogP contribution is -2.07. The maximum atomic E-state index is 13.7. The number of halogens is 2. The predicted molar refractivity (Wildman–Crippen MR) is 74.8 cm³/mol. The van der Waals surface area contributed by atoms with Gasteiger partial charge in [0.25, 0.3) is 0 Å². The zero-order chi connectivity index (χ0) is 13.8. The van der Waals surface area contributed by atoms with Gasteiger partial charge in [0, 0.05) is 22.7 Å². The highest BCUT2D eigenvalue weighted by Gasteiger charge is 2.08. The van der Waals surface area contributed by atoms with Crippen molar-refractivity contribution in [1.82, 2.24) is 0 Å². The second-order valence-corrected chi connectivity index (χ2v) is 4.82. The van der Waals surface area contributed by atoms with Crippen LogP contribution in [0.25, 0.3) is 0 Å². The van der Waals surface area contributed by atoms with Gasteiger partial charge in [-0.05, 0) is 30.7 Å². The molecule has 0 amide bonds. The Kier molecular flexibility index (Phi) is 4.40. The Hall–Kier alpha value is -1.58. The molecule has 19 heavy (non-hydrogen) atoms. The molecule has 2 aromatic rings. The van der Waals surface area contributed by atoms with Gasteiger partial charge in [-0.1, -0.05) is 29.8 Å². The summed E-state index contributed by atoms with van der Waals surface area (Å²) in [7, 11) is 0. The maximum Gasteiger partial charge on any atom is 0.131 e. The molecule has 4 heteroatoms. The molecule has 2 N–H and O–H groups in total. The summed E-state index contributed by atoms with van der Waals surface area (Å²) >= 11 is 5.79. The molecule has 0 bridgehead atoms. The van der Waals surface area contributed by atoms with E-state index in [-0.39, 0.29) is 11.9 Å². The summed E-state index contributed by atoms with van der Waals surface area (Å²) in [6.45, 7) is 2.11. The molecule has 1 atom stereocenters. The average molecular weight is 280 g/mol. The third kappa shape index (κ3) is 3.69. The van der Waals surface area contributed by atoms with E-state index >= 15 is 0 Å². The molecule has 0 saturated carbocycles. The lowest BCUT2D eigenvalue weighted by molar-refractivity contribution is 0.304. The first-order chi connectivity index (χ1) is 9.06. The van der Waals surface area contributed by atoms with Gasteiger partial charge in [-0.2, -0.15) is 0 Å². The Morgan fingerprint density at radius 2 is 1.89 bits per heavy atom. The SMILES string of the molecule is C[C@H](N)c1ccc(OCc2ccc(Cl)cc2)cc1F. The summed E-state index contributed by atoms with van der Waals surface area (Å²) < 4.78 is 19.2. The minimum atomic E-state index is -0.344. The van der Waals surface area contributed by atoms with Crippen molar-refractivity contribution in [3.05, 3.63) is 64.4 Å². The minimum Gasteiger partial charge on any atom is -0.489 e. The van der Waals surface area contributed by atoms with Crippen LogP contribution in [0.1, 0.15) is 24.1 Å². The van der Waals surface area contributed by atoms with Crippen LogP contribution >= 0.6 is 11.6 Å². The van der Waals surface area contributed by atoms with E-state index in [9.17, 15) is 4.39 Å². The van der Waals surface area contributed by atoms with E-state index in [1.165, 1.54) is 6.07 Å². The lowest BCUT2D eigenvalue weighted by Gasteiger charge is -2.10. The second kappa shape index (κ2) is 6.04. The molecule has 100 valence electrons. The van der Waals surface area contributed by atoms with Crippen molar-refractivity contribution in [2.45, 2.75) is 19.6 Å². The Bertz CT molecular complexity index is 555. The number of rotatable bonds is 4. The van der Waals surface area contributed by atoms with Crippen LogP contribution in [0.3, 0.4) is 0 Å². The topological polar surface area (TPSA) is 35.2 Å². The molecule has 2 rings (SSSR count). The second-order valence-electron chi connectivity index (χ2n) is 4.39. The molecule has 0 heterocycles. The molecule has 0 aliphatic rings. The van der Waals surface area contributed by atoms with Crippen LogP contribution in [-0.2, 0) is 6.61 Å². The Balaban J connectivity index is 2.04. The number of nitrogens with two attached hydrogens (primary N) is 1. The van der Waals surface area contributed by atoms with Crippen molar-refractivity contribution in [2.75, 3.05) is 0 Å². The van der Waals surface area contributed by atoms with Gasteiger partial charge >= 0.3 is 0 Å². The van der Waals surface area contributed by atoms with Crippen molar-refractivity contribution in [1.29, 1.82) is 0 Å². The van der Waals surface area contributed by atoms with E-state index < -0.39 is 0 Å². The zero-order valence-electron chi connectivity index (χ0n) is 10.6. The standard InChI is InChI=1S/C15H15ClFNO/c1-10(18)14-7-6-13(8-15(14)17)19-9-11-2-4-12(16)5-3-11/h2-8,10H,9,18H2,1H3/t10-/m0/s1. The normalized spacial score (nSPS) is 12.2. The van der Waals surface area contributed by atoms with Gasteiger partial charge in [0.2, 0.25) is 0 Å². The van der Waals surface area contributed by atoms with Crippen molar-refractivity contribution >= 4 is 11.6 Å². The predicted octanol–water partition coefficient (Wildman–Crippen LogP) is 4.08. The van der Waals surface area contributed by atoms with Crippen LogP contribution in [0.15, 0.2) is 42.5 Å². The van der Waals surface area contributed by atoms with Crippen molar-refractivity contribution < 1.29 is 9.13 Å². The van der Waals surface area contributed by atoms with Gasteiger partial charge in [-0.15, -0.1) is 0 Å². The summed E-state index contributed by atoms with van der Waals surface area (Å²) in [6.07, 6.45) is 0. The van der Waals surface area contributed by atoms with Crippen LogP contribution in [-0.4, -0.2) is 0 Å². The average Bonchev–Trinajstić information content (AvgIpc) is 2.37. The molecular formula is C15H15ClFNO. The molecule has 0 fully saturated rings. The Morgan fingerprint density at radius 3 is 2.47 bits per heavy atom. The molecule has 2 aromatic carbocycles. The summed E-state index contributed by atoms with van der Waals surface area (Å²) in [5, 5.41) is 0.677. The zero-order valence-corrected chi connectivity index (χ0v) is 11.3.